The molecule has 2 aromatic heterocycles. The molecular formula is C19H20BrN5O2. The fourth-order valence-corrected chi connectivity index (χ4v) is 3.83. The highest BCUT2D eigenvalue weighted by Gasteiger charge is 2.24. The van der Waals surface area contributed by atoms with Gasteiger partial charge in [-0.25, -0.2) is 9.97 Å². The lowest BCUT2D eigenvalue weighted by molar-refractivity contribution is -0.130. The molecule has 7 nitrogen and oxygen atoms in total. The number of nitrogens with one attached hydrogen (secondary N) is 1. The van der Waals surface area contributed by atoms with Gasteiger partial charge in [-0.2, -0.15) is 0 Å². The Morgan fingerprint density at radius 2 is 1.93 bits per heavy atom. The molecule has 0 saturated carbocycles. The van der Waals surface area contributed by atoms with Gasteiger partial charge in [-0.1, -0.05) is 12.1 Å². The van der Waals surface area contributed by atoms with E-state index in [1.54, 1.807) is 13.4 Å². The third-order valence-corrected chi connectivity index (χ3v) is 5.47. The van der Waals surface area contributed by atoms with E-state index in [9.17, 15) is 4.79 Å². The van der Waals surface area contributed by atoms with E-state index in [-0.39, 0.29) is 5.91 Å². The second-order valence-corrected chi connectivity index (χ2v) is 7.30. The van der Waals surface area contributed by atoms with Crippen LogP contribution in [0.25, 0.3) is 11.0 Å². The van der Waals surface area contributed by atoms with E-state index >= 15 is 0 Å². The van der Waals surface area contributed by atoms with E-state index in [2.05, 4.69) is 35.8 Å². The number of aromatic nitrogens is 3. The molecule has 0 bridgehead atoms. The molecule has 8 heteroatoms. The molecule has 0 atom stereocenters. The highest BCUT2D eigenvalue weighted by Crippen LogP contribution is 2.30. The number of benzene rings is 1. The van der Waals surface area contributed by atoms with Gasteiger partial charge in [0.1, 0.15) is 23.5 Å². The molecular weight excluding hydrogens is 410 g/mol. The lowest BCUT2D eigenvalue weighted by Crippen LogP contribution is -2.49. The highest BCUT2D eigenvalue weighted by atomic mass is 79.9. The monoisotopic (exact) mass is 429 g/mol. The third kappa shape index (κ3) is 3.62. The normalized spacial score (nSPS) is 14.6. The molecule has 1 aliphatic rings. The van der Waals surface area contributed by atoms with Gasteiger partial charge in [-0.15, -0.1) is 0 Å². The van der Waals surface area contributed by atoms with Crippen LogP contribution in [0.5, 0.6) is 5.75 Å². The number of piperazine rings is 1. The average molecular weight is 430 g/mol. The predicted molar refractivity (Wildman–Crippen MR) is 107 cm³/mol. The summed E-state index contributed by atoms with van der Waals surface area (Å²) in [5.74, 6) is 1.85. The molecule has 1 N–H and O–H groups in total. The Labute approximate surface area is 165 Å². The summed E-state index contributed by atoms with van der Waals surface area (Å²) in [4.78, 5) is 28.6. The highest BCUT2D eigenvalue weighted by molar-refractivity contribution is 9.10. The first-order chi connectivity index (χ1) is 13.2. The van der Waals surface area contributed by atoms with Crippen molar-refractivity contribution >= 4 is 38.7 Å². The average Bonchev–Trinajstić information content (AvgIpc) is 3.10. The number of carbonyl (C=O) groups excluding carboxylic acids is 1. The number of amides is 1. The minimum Gasteiger partial charge on any atom is -0.497 e. The Kier molecular flexibility index (Phi) is 4.98. The number of methoxy groups -OCH3 is 1. The van der Waals surface area contributed by atoms with Crippen molar-refractivity contribution in [2.45, 2.75) is 6.42 Å². The van der Waals surface area contributed by atoms with E-state index < -0.39 is 0 Å². The number of fused-ring (bicyclic) bond motifs is 1. The maximum atomic E-state index is 12.6. The second kappa shape index (κ2) is 7.56. The van der Waals surface area contributed by atoms with Crippen LogP contribution in [0.3, 0.4) is 0 Å². The number of ether oxygens (including phenoxy) is 1. The van der Waals surface area contributed by atoms with E-state index in [0.29, 0.717) is 19.5 Å². The van der Waals surface area contributed by atoms with Crippen LogP contribution < -0.4 is 9.64 Å². The first-order valence-electron chi connectivity index (χ1n) is 8.79. The van der Waals surface area contributed by atoms with Gasteiger partial charge >= 0.3 is 0 Å². The number of nitrogens with zero attached hydrogens (tertiary/aromatic N) is 4. The topological polar surface area (TPSA) is 74.3 Å². The number of carbonyl (C=O) groups is 1. The number of H-pyrrole nitrogens is 1. The van der Waals surface area contributed by atoms with Gasteiger partial charge in [0.05, 0.1) is 18.9 Å². The summed E-state index contributed by atoms with van der Waals surface area (Å²) in [7, 11) is 1.64. The summed E-state index contributed by atoms with van der Waals surface area (Å²) < 4.78 is 6.11. The molecule has 27 heavy (non-hydrogen) atoms. The Bertz CT molecular complexity index is 948. The van der Waals surface area contributed by atoms with Crippen LogP contribution in [0.2, 0.25) is 0 Å². The van der Waals surface area contributed by atoms with E-state index in [1.807, 2.05) is 35.4 Å². The van der Waals surface area contributed by atoms with E-state index in [4.69, 9.17) is 4.74 Å². The molecule has 1 aromatic carbocycles. The van der Waals surface area contributed by atoms with Crippen molar-refractivity contribution in [1.29, 1.82) is 0 Å². The molecule has 1 fully saturated rings. The molecule has 0 spiro atoms. The van der Waals surface area contributed by atoms with Crippen molar-refractivity contribution in [2.24, 2.45) is 0 Å². The third-order valence-electron chi connectivity index (χ3n) is 4.85. The summed E-state index contributed by atoms with van der Waals surface area (Å²) in [6, 6.07) is 7.65. The number of aromatic amines is 1. The van der Waals surface area contributed by atoms with Crippen LogP contribution >= 0.6 is 15.9 Å². The molecule has 0 aliphatic carbocycles. The fourth-order valence-electron chi connectivity index (χ4n) is 3.35. The largest absolute Gasteiger partial charge is 0.497 e. The number of hydrogen-bond acceptors (Lipinski definition) is 5. The predicted octanol–water partition coefficient (Wildman–Crippen LogP) is 2.62. The van der Waals surface area contributed by atoms with Gasteiger partial charge in [0.15, 0.2) is 0 Å². The van der Waals surface area contributed by atoms with Crippen molar-refractivity contribution in [3.8, 4) is 5.75 Å². The van der Waals surface area contributed by atoms with Gasteiger partial charge in [-0.3, -0.25) is 4.79 Å². The zero-order valence-electron chi connectivity index (χ0n) is 15.0. The van der Waals surface area contributed by atoms with Crippen molar-refractivity contribution in [3.05, 3.63) is 46.8 Å². The minimum absolute atomic E-state index is 0.149. The van der Waals surface area contributed by atoms with Gasteiger partial charge < -0.3 is 19.5 Å². The summed E-state index contributed by atoms with van der Waals surface area (Å²) in [5, 5.41) is 0.982. The first kappa shape index (κ1) is 17.8. The van der Waals surface area contributed by atoms with Crippen LogP contribution in [0.4, 0.5) is 5.82 Å². The molecule has 4 rings (SSSR count). The van der Waals surface area contributed by atoms with E-state index in [1.165, 1.54) is 0 Å². The molecule has 140 valence electrons. The van der Waals surface area contributed by atoms with Gasteiger partial charge in [0.2, 0.25) is 5.91 Å². The lowest BCUT2D eigenvalue weighted by atomic mass is 10.1. The Balaban J connectivity index is 1.40. The number of rotatable bonds is 4. The van der Waals surface area contributed by atoms with Crippen molar-refractivity contribution in [2.75, 3.05) is 38.2 Å². The smallest absolute Gasteiger partial charge is 0.227 e. The molecule has 1 aliphatic heterocycles. The maximum Gasteiger partial charge on any atom is 0.227 e. The summed E-state index contributed by atoms with van der Waals surface area (Å²) in [5.41, 5.74) is 1.81. The van der Waals surface area contributed by atoms with Crippen LogP contribution in [0.15, 0.2) is 41.3 Å². The van der Waals surface area contributed by atoms with Gasteiger partial charge in [0.25, 0.3) is 0 Å². The fraction of sp³-hybridized carbons (Fsp3) is 0.316. The molecule has 0 unspecified atom stereocenters. The number of halogens is 1. The zero-order chi connectivity index (χ0) is 18.8. The molecule has 3 heterocycles. The van der Waals surface area contributed by atoms with Gasteiger partial charge in [0, 0.05) is 36.8 Å². The Hall–Kier alpha value is -2.61. The lowest BCUT2D eigenvalue weighted by Gasteiger charge is -2.35. The Morgan fingerprint density at radius 3 is 2.63 bits per heavy atom. The van der Waals surface area contributed by atoms with Crippen molar-refractivity contribution < 1.29 is 9.53 Å². The van der Waals surface area contributed by atoms with E-state index in [0.717, 1.165) is 45.7 Å². The standard InChI is InChI=1S/C19H20BrN5O2/c1-27-14-4-2-13(3-5-14)10-16(26)24-6-8-25(9-7-24)19-17-15(20)11-21-18(17)22-12-23-19/h2-5,11-12H,6-10H2,1H3,(H,21,22,23). The maximum absolute atomic E-state index is 12.6. The number of anilines is 1. The van der Waals surface area contributed by atoms with Crippen LogP contribution in [0.1, 0.15) is 5.56 Å². The molecule has 3 aromatic rings. The second-order valence-electron chi connectivity index (χ2n) is 6.45. The molecule has 1 saturated heterocycles. The van der Waals surface area contributed by atoms with Crippen LogP contribution in [-0.4, -0.2) is 59.0 Å². The first-order valence-corrected chi connectivity index (χ1v) is 9.58. The van der Waals surface area contributed by atoms with Crippen molar-refractivity contribution in [3.63, 3.8) is 0 Å². The summed E-state index contributed by atoms with van der Waals surface area (Å²) >= 11 is 3.56. The number of hydrogen-bond donors (Lipinski definition) is 1. The summed E-state index contributed by atoms with van der Waals surface area (Å²) in [6.45, 7) is 2.86. The SMILES string of the molecule is COc1ccc(CC(=O)N2CCN(c3ncnc4[nH]cc(Br)c34)CC2)cc1. The van der Waals surface area contributed by atoms with Crippen LogP contribution in [-0.2, 0) is 11.2 Å². The molecule has 0 radical (unpaired) electrons. The summed E-state index contributed by atoms with van der Waals surface area (Å²) in [6.07, 6.45) is 3.85. The zero-order valence-corrected chi connectivity index (χ0v) is 16.6. The van der Waals surface area contributed by atoms with Crippen molar-refractivity contribution in [1.82, 2.24) is 19.9 Å². The minimum atomic E-state index is 0.149. The quantitative estimate of drug-likeness (QED) is 0.689. The van der Waals surface area contributed by atoms with Gasteiger partial charge in [-0.05, 0) is 33.6 Å². The van der Waals surface area contributed by atoms with Crippen LogP contribution in [0, 0.1) is 0 Å². The molecule has 1 amide bonds. The Morgan fingerprint density at radius 1 is 1.19 bits per heavy atom.